The van der Waals surface area contributed by atoms with Crippen LogP contribution in [0.25, 0.3) is 11.4 Å². The van der Waals surface area contributed by atoms with E-state index in [1.807, 2.05) is 16.8 Å². The molecule has 7 nitrogen and oxygen atoms in total. The molecule has 0 unspecified atom stereocenters. The summed E-state index contributed by atoms with van der Waals surface area (Å²) in [5.74, 6) is 3.41. The molecule has 0 spiro atoms. The van der Waals surface area contributed by atoms with Crippen LogP contribution in [0.2, 0.25) is 0 Å². The molecular formula is C17H19N5O2S. The molecule has 1 saturated carbocycles. The van der Waals surface area contributed by atoms with Crippen LogP contribution in [0.1, 0.15) is 61.7 Å². The molecule has 25 heavy (non-hydrogen) atoms. The molecule has 0 N–H and O–H groups in total. The molecule has 3 aromatic rings. The Hall–Kier alpha value is -2.06. The van der Waals surface area contributed by atoms with Gasteiger partial charge in [-0.2, -0.15) is 21.3 Å². The molecule has 1 atom stereocenters. The number of aromatic nitrogens is 4. The van der Waals surface area contributed by atoms with E-state index in [1.54, 1.807) is 11.3 Å². The topological polar surface area (TPSA) is 81.1 Å². The minimum Gasteiger partial charge on any atom is -0.338 e. The second-order valence-electron chi connectivity index (χ2n) is 6.77. The fourth-order valence-corrected chi connectivity index (χ4v) is 3.99. The van der Waals surface area contributed by atoms with Crippen LogP contribution in [0, 0.1) is 0 Å². The first-order valence-corrected chi connectivity index (χ1v) is 9.74. The van der Waals surface area contributed by atoms with Gasteiger partial charge in [0.15, 0.2) is 5.82 Å². The maximum absolute atomic E-state index is 5.57. The Kier molecular flexibility index (Phi) is 3.86. The Morgan fingerprint density at radius 3 is 2.92 bits per heavy atom. The van der Waals surface area contributed by atoms with Gasteiger partial charge in [-0.3, -0.25) is 4.90 Å². The SMILES string of the molecule is c1cc(-c2noc(CN3CCCC[C@@H]3c3nc(C4CC4)no3)n2)cs1. The number of rotatable bonds is 5. The van der Waals surface area contributed by atoms with Crippen LogP contribution in [-0.2, 0) is 6.54 Å². The monoisotopic (exact) mass is 357 g/mol. The average molecular weight is 357 g/mol. The summed E-state index contributed by atoms with van der Waals surface area (Å²) in [5.41, 5.74) is 1.00. The Bertz CT molecular complexity index is 839. The van der Waals surface area contributed by atoms with Gasteiger partial charge in [-0.25, -0.2) is 0 Å². The second-order valence-corrected chi connectivity index (χ2v) is 7.55. The molecule has 0 aromatic carbocycles. The first-order valence-electron chi connectivity index (χ1n) is 8.79. The molecule has 5 rings (SSSR count). The van der Waals surface area contributed by atoms with Crippen LogP contribution in [0.5, 0.6) is 0 Å². The van der Waals surface area contributed by atoms with Crippen LogP contribution in [0.3, 0.4) is 0 Å². The summed E-state index contributed by atoms with van der Waals surface area (Å²) in [6.45, 7) is 1.59. The van der Waals surface area contributed by atoms with Crippen LogP contribution < -0.4 is 0 Å². The molecule has 8 heteroatoms. The Morgan fingerprint density at radius 2 is 2.08 bits per heavy atom. The molecule has 3 aromatic heterocycles. The van der Waals surface area contributed by atoms with Crippen molar-refractivity contribution in [3.05, 3.63) is 34.4 Å². The number of likely N-dealkylation sites (tertiary alicyclic amines) is 1. The van der Waals surface area contributed by atoms with Crippen molar-refractivity contribution in [2.75, 3.05) is 6.54 Å². The molecule has 1 aliphatic carbocycles. The molecule has 4 heterocycles. The highest BCUT2D eigenvalue weighted by Gasteiger charge is 2.33. The first kappa shape index (κ1) is 15.2. The van der Waals surface area contributed by atoms with Gasteiger partial charge in [0.1, 0.15) is 0 Å². The molecule has 0 amide bonds. The number of piperidine rings is 1. The summed E-state index contributed by atoms with van der Waals surface area (Å²) >= 11 is 1.63. The third-order valence-corrected chi connectivity index (χ3v) is 5.57. The highest BCUT2D eigenvalue weighted by Crippen LogP contribution is 2.39. The summed E-state index contributed by atoms with van der Waals surface area (Å²) in [6.07, 6.45) is 5.72. The van der Waals surface area contributed by atoms with Crippen LogP contribution >= 0.6 is 11.3 Å². The second kappa shape index (κ2) is 6.34. The van der Waals surface area contributed by atoms with Crippen LogP contribution in [-0.4, -0.2) is 31.7 Å². The van der Waals surface area contributed by atoms with Crippen molar-refractivity contribution in [2.45, 2.75) is 50.6 Å². The van der Waals surface area contributed by atoms with Crippen LogP contribution in [0.15, 0.2) is 25.9 Å². The fourth-order valence-electron chi connectivity index (χ4n) is 3.35. The zero-order valence-electron chi connectivity index (χ0n) is 13.8. The lowest BCUT2D eigenvalue weighted by Crippen LogP contribution is -2.33. The third kappa shape index (κ3) is 3.11. The number of hydrogen-bond donors (Lipinski definition) is 0. The average Bonchev–Trinajstić information content (AvgIpc) is 3.08. The Morgan fingerprint density at radius 1 is 1.12 bits per heavy atom. The van der Waals surface area contributed by atoms with Crippen molar-refractivity contribution in [3.8, 4) is 11.4 Å². The van der Waals surface area contributed by atoms with Crippen molar-refractivity contribution in [1.29, 1.82) is 0 Å². The van der Waals surface area contributed by atoms with Crippen LogP contribution in [0.4, 0.5) is 0 Å². The summed E-state index contributed by atoms with van der Waals surface area (Å²) in [4.78, 5) is 11.5. The molecule has 2 fully saturated rings. The molecule has 2 aliphatic rings. The van der Waals surface area contributed by atoms with Gasteiger partial charge in [0.05, 0.1) is 12.6 Å². The lowest BCUT2D eigenvalue weighted by atomic mass is 10.0. The Balaban J connectivity index is 1.33. The molecule has 0 radical (unpaired) electrons. The van der Waals surface area contributed by atoms with Gasteiger partial charge in [0.2, 0.25) is 17.6 Å². The van der Waals surface area contributed by atoms with Crippen molar-refractivity contribution < 1.29 is 9.05 Å². The normalized spacial score (nSPS) is 21.7. The highest BCUT2D eigenvalue weighted by atomic mass is 32.1. The predicted molar refractivity (Wildman–Crippen MR) is 90.9 cm³/mol. The Labute approximate surface area is 149 Å². The van der Waals surface area contributed by atoms with E-state index in [9.17, 15) is 0 Å². The van der Waals surface area contributed by atoms with Gasteiger partial charge in [0.25, 0.3) is 0 Å². The van der Waals surface area contributed by atoms with Gasteiger partial charge in [-0.15, -0.1) is 0 Å². The van der Waals surface area contributed by atoms with Gasteiger partial charge in [0, 0.05) is 16.9 Å². The van der Waals surface area contributed by atoms with Crippen molar-refractivity contribution in [1.82, 2.24) is 25.2 Å². The fraction of sp³-hybridized carbons (Fsp3) is 0.529. The maximum Gasteiger partial charge on any atom is 0.244 e. The standard InChI is InChI=1S/C17H19N5O2S/c1-2-7-22(9-14-18-16(20-23-14)12-6-8-25-10-12)13(3-1)17-19-15(21-24-17)11-4-5-11/h6,8,10-11,13H,1-5,7,9H2/t13-/m1/s1. The number of nitrogens with zero attached hydrogens (tertiary/aromatic N) is 5. The van der Waals surface area contributed by atoms with E-state index in [1.165, 1.54) is 19.3 Å². The predicted octanol–water partition coefficient (Wildman–Crippen LogP) is 3.79. The third-order valence-electron chi connectivity index (χ3n) is 4.88. The van der Waals surface area contributed by atoms with E-state index < -0.39 is 0 Å². The van der Waals surface area contributed by atoms with Gasteiger partial charge in [-0.1, -0.05) is 16.7 Å². The van der Waals surface area contributed by atoms with Gasteiger partial charge >= 0.3 is 0 Å². The smallest absolute Gasteiger partial charge is 0.244 e. The summed E-state index contributed by atoms with van der Waals surface area (Å²) in [6, 6.07) is 2.14. The van der Waals surface area contributed by atoms with Gasteiger partial charge < -0.3 is 9.05 Å². The minimum atomic E-state index is 0.144. The van der Waals surface area contributed by atoms with E-state index in [0.717, 1.165) is 36.7 Å². The molecule has 1 aliphatic heterocycles. The minimum absolute atomic E-state index is 0.144. The quantitative estimate of drug-likeness (QED) is 0.687. The van der Waals surface area contributed by atoms with E-state index in [-0.39, 0.29) is 6.04 Å². The summed E-state index contributed by atoms with van der Waals surface area (Å²) in [7, 11) is 0. The van der Waals surface area contributed by atoms with E-state index in [4.69, 9.17) is 9.05 Å². The van der Waals surface area contributed by atoms with E-state index in [0.29, 0.717) is 24.2 Å². The van der Waals surface area contributed by atoms with Gasteiger partial charge in [-0.05, 0) is 43.7 Å². The zero-order chi connectivity index (χ0) is 16.6. The number of thiophene rings is 1. The van der Waals surface area contributed by atoms with E-state index in [2.05, 4.69) is 25.2 Å². The zero-order valence-corrected chi connectivity index (χ0v) is 14.6. The molecule has 130 valence electrons. The van der Waals surface area contributed by atoms with Crippen molar-refractivity contribution in [2.24, 2.45) is 0 Å². The van der Waals surface area contributed by atoms with Crippen molar-refractivity contribution >= 4 is 11.3 Å². The lowest BCUT2D eigenvalue weighted by molar-refractivity contribution is 0.0986. The van der Waals surface area contributed by atoms with Crippen molar-refractivity contribution in [3.63, 3.8) is 0 Å². The first-order chi connectivity index (χ1) is 12.4. The lowest BCUT2D eigenvalue weighted by Gasteiger charge is -2.31. The maximum atomic E-state index is 5.57. The highest BCUT2D eigenvalue weighted by molar-refractivity contribution is 7.08. The largest absolute Gasteiger partial charge is 0.338 e. The molecule has 1 saturated heterocycles. The summed E-state index contributed by atoms with van der Waals surface area (Å²) in [5, 5.41) is 12.3. The molecular weight excluding hydrogens is 338 g/mol. The number of hydrogen-bond acceptors (Lipinski definition) is 8. The van der Waals surface area contributed by atoms with E-state index >= 15 is 0 Å². The summed E-state index contributed by atoms with van der Waals surface area (Å²) < 4.78 is 11.0. The molecule has 0 bridgehead atoms.